The van der Waals surface area contributed by atoms with Gasteiger partial charge in [0, 0.05) is 37.7 Å². The molecule has 0 aromatic carbocycles. The predicted molar refractivity (Wildman–Crippen MR) is 79.3 cm³/mol. The lowest BCUT2D eigenvalue weighted by Crippen LogP contribution is -2.38. The Hall–Kier alpha value is -1.04. The summed E-state index contributed by atoms with van der Waals surface area (Å²) < 4.78 is 0. The summed E-state index contributed by atoms with van der Waals surface area (Å²) in [6.07, 6.45) is 7.31. The van der Waals surface area contributed by atoms with E-state index in [1.54, 1.807) is 0 Å². The van der Waals surface area contributed by atoms with Crippen molar-refractivity contribution in [3.63, 3.8) is 0 Å². The van der Waals surface area contributed by atoms with Gasteiger partial charge in [0.1, 0.15) is 5.82 Å². The van der Waals surface area contributed by atoms with Gasteiger partial charge in [-0.3, -0.25) is 0 Å². The molecule has 20 heavy (non-hydrogen) atoms. The van der Waals surface area contributed by atoms with Crippen LogP contribution in [0.15, 0.2) is 12.4 Å². The van der Waals surface area contributed by atoms with Crippen LogP contribution in [0.2, 0.25) is 0 Å². The van der Waals surface area contributed by atoms with Crippen LogP contribution < -0.4 is 5.32 Å². The number of likely N-dealkylation sites (tertiary alicyclic amines) is 1. The minimum atomic E-state index is 0.335. The molecule has 1 aromatic rings. The van der Waals surface area contributed by atoms with Crippen LogP contribution in [-0.4, -0.2) is 52.8 Å². The Morgan fingerprint density at radius 1 is 1.40 bits per heavy atom. The van der Waals surface area contributed by atoms with Crippen molar-refractivity contribution in [3.8, 4) is 0 Å². The zero-order valence-corrected chi connectivity index (χ0v) is 12.4. The standard InChI is InChI=1S/C15H26N4O/c1-13-17-9-15(10-18-13)8-16-5-3-7-19-6-2-4-14(11-19)12-20/h9-10,14,16,20H,2-8,11-12H2,1H3. The van der Waals surface area contributed by atoms with Gasteiger partial charge in [-0.2, -0.15) is 0 Å². The molecule has 2 heterocycles. The molecule has 1 aromatic heterocycles. The van der Waals surface area contributed by atoms with Crippen LogP contribution in [0.5, 0.6) is 0 Å². The molecule has 2 rings (SSSR count). The van der Waals surface area contributed by atoms with Gasteiger partial charge in [0.15, 0.2) is 0 Å². The first-order chi connectivity index (χ1) is 9.78. The van der Waals surface area contributed by atoms with Gasteiger partial charge in [-0.25, -0.2) is 9.97 Å². The molecule has 5 nitrogen and oxygen atoms in total. The summed E-state index contributed by atoms with van der Waals surface area (Å²) in [5, 5.41) is 12.6. The van der Waals surface area contributed by atoms with Gasteiger partial charge in [-0.15, -0.1) is 0 Å². The lowest BCUT2D eigenvalue weighted by atomic mass is 9.99. The van der Waals surface area contributed by atoms with Crippen molar-refractivity contribution in [2.45, 2.75) is 32.7 Å². The van der Waals surface area contributed by atoms with Gasteiger partial charge >= 0.3 is 0 Å². The van der Waals surface area contributed by atoms with Crippen molar-refractivity contribution < 1.29 is 5.11 Å². The molecule has 1 fully saturated rings. The van der Waals surface area contributed by atoms with Crippen molar-refractivity contribution in [3.05, 3.63) is 23.8 Å². The zero-order chi connectivity index (χ0) is 14.2. The fourth-order valence-corrected chi connectivity index (χ4v) is 2.67. The van der Waals surface area contributed by atoms with Crippen molar-refractivity contribution >= 4 is 0 Å². The monoisotopic (exact) mass is 278 g/mol. The van der Waals surface area contributed by atoms with Crippen LogP contribution in [0.25, 0.3) is 0 Å². The molecule has 112 valence electrons. The number of aliphatic hydroxyl groups excluding tert-OH is 1. The van der Waals surface area contributed by atoms with E-state index in [2.05, 4.69) is 20.2 Å². The van der Waals surface area contributed by atoms with Gasteiger partial charge in [0.25, 0.3) is 0 Å². The van der Waals surface area contributed by atoms with Gasteiger partial charge in [-0.05, 0) is 51.7 Å². The lowest BCUT2D eigenvalue weighted by Gasteiger charge is -2.31. The first-order valence-electron chi connectivity index (χ1n) is 7.59. The van der Waals surface area contributed by atoms with E-state index in [0.29, 0.717) is 12.5 Å². The van der Waals surface area contributed by atoms with Gasteiger partial charge < -0.3 is 15.3 Å². The van der Waals surface area contributed by atoms with E-state index < -0.39 is 0 Å². The molecule has 0 spiro atoms. The molecule has 0 aliphatic carbocycles. The highest BCUT2D eigenvalue weighted by Gasteiger charge is 2.18. The van der Waals surface area contributed by atoms with E-state index in [1.165, 1.54) is 19.4 Å². The molecule has 1 aliphatic rings. The maximum absolute atomic E-state index is 9.21. The van der Waals surface area contributed by atoms with Crippen molar-refractivity contribution in [1.29, 1.82) is 0 Å². The number of hydrogen-bond acceptors (Lipinski definition) is 5. The first-order valence-corrected chi connectivity index (χ1v) is 7.59. The predicted octanol–water partition coefficient (Wildman–Crippen LogP) is 0.969. The van der Waals surface area contributed by atoms with E-state index in [-0.39, 0.29) is 0 Å². The molecule has 5 heteroatoms. The van der Waals surface area contributed by atoms with Gasteiger partial charge in [-0.1, -0.05) is 0 Å². The summed E-state index contributed by atoms with van der Waals surface area (Å²) >= 11 is 0. The molecular formula is C15H26N4O. The van der Waals surface area contributed by atoms with Crippen LogP contribution in [-0.2, 0) is 6.54 Å². The number of nitrogens with one attached hydrogen (secondary N) is 1. The SMILES string of the molecule is Cc1ncc(CNCCCN2CCCC(CO)C2)cn1. The third kappa shape index (κ3) is 5.15. The lowest BCUT2D eigenvalue weighted by molar-refractivity contribution is 0.119. The maximum atomic E-state index is 9.21. The van der Waals surface area contributed by atoms with Crippen molar-refractivity contribution in [1.82, 2.24) is 20.2 Å². The van der Waals surface area contributed by atoms with Gasteiger partial charge in [0.05, 0.1) is 0 Å². The second-order valence-corrected chi connectivity index (χ2v) is 5.66. The highest BCUT2D eigenvalue weighted by atomic mass is 16.3. The third-order valence-corrected chi connectivity index (χ3v) is 3.85. The van der Waals surface area contributed by atoms with Crippen LogP contribution >= 0.6 is 0 Å². The Kier molecular flexibility index (Phi) is 6.36. The quantitative estimate of drug-likeness (QED) is 0.728. The molecule has 0 amide bonds. The molecule has 1 atom stereocenters. The first kappa shape index (κ1) is 15.4. The second-order valence-electron chi connectivity index (χ2n) is 5.66. The summed E-state index contributed by atoms with van der Waals surface area (Å²) in [5.74, 6) is 1.30. The Labute approximate surface area is 121 Å². The molecule has 1 saturated heterocycles. The van der Waals surface area contributed by atoms with Crippen LogP contribution in [0.4, 0.5) is 0 Å². The highest BCUT2D eigenvalue weighted by molar-refractivity contribution is 5.03. The largest absolute Gasteiger partial charge is 0.396 e. The highest BCUT2D eigenvalue weighted by Crippen LogP contribution is 2.15. The van der Waals surface area contributed by atoms with Crippen LogP contribution in [0, 0.1) is 12.8 Å². The Bertz CT molecular complexity index is 382. The Balaban J connectivity index is 1.56. The van der Waals surface area contributed by atoms with Crippen molar-refractivity contribution in [2.75, 3.05) is 32.8 Å². The fourth-order valence-electron chi connectivity index (χ4n) is 2.67. The fraction of sp³-hybridized carbons (Fsp3) is 0.733. The van der Waals surface area contributed by atoms with E-state index in [1.807, 2.05) is 19.3 Å². The maximum Gasteiger partial charge on any atom is 0.125 e. The number of aromatic nitrogens is 2. The molecule has 2 N–H and O–H groups in total. The average molecular weight is 278 g/mol. The average Bonchev–Trinajstić information content (AvgIpc) is 2.49. The van der Waals surface area contributed by atoms with E-state index >= 15 is 0 Å². The van der Waals surface area contributed by atoms with E-state index in [9.17, 15) is 5.11 Å². The zero-order valence-electron chi connectivity index (χ0n) is 12.4. The number of aryl methyl sites for hydroxylation is 1. The number of piperidine rings is 1. The second kappa shape index (κ2) is 8.29. The molecule has 0 radical (unpaired) electrons. The molecule has 0 bridgehead atoms. The number of hydrogen-bond donors (Lipinski definition) is 2. The van der Waals surface area contributed by atoms with E-state index in [4.69, 9.17) is 0 Å². The Morgan fingerprint density at radius 2 is 2.20 bits per heavy atom. The Morgan fingerprint density at radius 3 is 2.95 bits per heavy atom. The summed E-state index contributed by atoms with van der Waals surface area (Å²) in [4.78, 5) is 10.8. The molecule has 1 aliphatic heterocycles. The van der Waals surface area contributed by atoms with Crippen LogP contribution in [0.3, 0.4) is 0 Å². The summed E-state index contributed by atoms with van der Waals surface area (Å²) in [7, 11) is 0. The minimum absolute atomic E-state index is 0.335. The summed E-state index contributed by atoms with van der Waals surface area (Å²) in [6.45, 7) is 7.43. The molecule has 0 saturated carbocycles. The summed E-state index contributed by atoms with van der Waals surface area (Å²) in [6, 6.07) is 0. The molecule has 1 unspecified atom stereocenters. The van der Waals surface area contributed by atoms with Crippen molar-refractivity contribution in [2.24, 2.45) is 5.92 Å². The minimum Gasteiger partial charge on any atom is -0.396 e. The smallest absolute Gasteiger partial charge is 0.125 e. The summed E-state index contributed by atoms with van der Waals surface area (Å²) in [5.41, 5.74) is 1.13. The normalized spacial score (nSPS) is 20.2. The number of rotatable bonds is 7. The van der Waals surface area contributed by atoms with Crippen LogP contribution in [0.1, 0.15) is 30.7 Å². The van der Waals surface area contributed by atoms with E-state index in [0.717, 1.165) is 44.0 Å². The number of aliphatic hydroxyl groups is 1. The van der Waals surface area contributed by atoms with Gasteiger partial charge in [0.2, 0.25) is 0 Å². The molecular weight excluding hydrogens is 252 g/mol. The topological polar surface area (TPSA) is 61.3 Å². The third-order valence-electron chi connectivity index (χ3n) is 3.85. The number of nitrogens with zero attached hydrogens (tertiary/aromatic N) is 3.